The van der Waals surface area contributed by atoms with E-state index < -0.39 is 24.9 Å². The summed E-state index contributed by atoms with van der Waals surface area (Å²) in [6.45, 7) is 1.84. The first kappa shape index (κ1) is 19.7. The minimum absolute atomic E-state index is 0.490. The maximum absolute atomic E-state index is 12.4. The van der Waals surface area contributed by atoms with Gasteiger partial charge in [0.05, 0.1) is 12.6 Å². The molecule has 8 heteroatoms. The molecule has 1 aromatic carbocycles. The van der Waals surface area contributed by atoms with Crippen molar-refractivity contribution in [1.82, 2.24) is 9.47 Å². The first-order valence-corrected chi connectivity index (χ1v) is 8.25. The van der Waals surface area contributed by atoms with Gasteiger partial charge in [0.15, 0.2) is 0 Å². The van der Waals surface area contributed by atoms with Gasteiger partial charge in [-0.3, -0.25) is 9.36 Å². The molecule has 0 spiro atoms. The number of nitrogens with two attached hydrogens (primary N) is 1. The molecule has 0 bridgehead atoms. The van der Waals surface area contributed by atoms with Crippen molar-refractivity contribution in [3.05, 3.63) is 30.0 Å². The van der Waals surface area contributed by atoms with E-state index in [1.54, 1.807) is 19.4 Å². The lowest BCUT2D eigenvalue weighted by Gasteiger charge is -2.09. The van der Waals surface area contributed by atoms with Crippen LogP contribution >= 0.6 is 0 Å². The topological polar surface area (TPSA) is 96.0 Å². The number of methoxy groups -OCH3 is 1. The van der Waals surface area contributed by atoms with Gasteiger partial charge in [0, 0.05) is 24.2 Å². The van der Waals surface area contributed by atoms with Crippen molar-refractivity contribution < 1.29 is 23.8 Å². The van der Waals surface area contributed by atoms with Crippen LogP contribution in [0, 0.1) is 0 Å². The van der Waals surface area contributed by atoms with E-state index in [2.05, 4.69) is 4.90 Å². The number of rotatable bonds is 7. The first-order valence-electron chi connectivity index (χ1n) is 8.25. The van der Waals surface area contributed by atoms with E-state index in [4.69, 9.17) is 19.9 Å². The molecule has 0 aliphatic heterocycles. The van der Waals surface area contributed by atoms with E-state index >= 15 is 0 Å². The first-order chi connectivity index (χ1) is 12.3. The van der Waals surface area contributed by atoms with Crippen LogP contribution in [0.15, 0.2) is 24.4 Å². The van der Waals surface area contributed by atoms with E-state index in [1.165, 1.54) is 11.5 Å². The number of carbonyl (C=O) groups excluding carboxylic acids is 2. The highest BCUT2D eigenvalue weighted by Gasteiger charge is 2.17. The zero-order chi connectivity index (χ0) is 19.3. The fourth-order valence-electron chi connectivity index (χ4n) is 2.44. The molecule has 0 radical (unpaired) electrons. The van der Waals surface area contributed by atoms with E-state index in [9.17, 15) is 9.59 Å². The summed E-state index contributed by atoms with van der Waals surface area (Å²) in [5.41, 5.74) is 7.08. The maximum atomic E-state index is 12.4. The standard InChI is InChI=1S/C18H25N3O5/c1-12(19)17(22)25-11-26-18(23)21-10-13(7-8-20(2)3)15-6-5-14(24-4)9-16(15)21/h5-6,9-10,12H,7-8,11,19H2,1-4H3/t12-/m0/s1. The van der Waals surface area contributed by atoms with Crippen LogP contribution in [0.5, 0.6) is 5.75 Å². The Morgan fingerprint density at radius 1 is 1.27 bits per heavy atom. The number of likely N-dealkylation sites (N-methyl/N-ethyl adjacent to an activating group) is 1. The van der Waals surface area contributed by atoms with Crippen molar-refractivity contribution in [3.8, 4) is 5.75 Å². The molecule has 1 aromatic heterocycles. The van der Waals surface area contributed by atoms with Crippen LogP contribution in [0.4, 0.5) is 4.79 Å². The van der Waals surface area contributed by atoms with Gasteiger partial charge in [-0.1, -0.05) is 0 Å². The highest BCUT2D eigenvalue weighted by molar-refractivity contribution is 5.92. The van der Waals surface area contributed by atoms with Crippen LogP contribution in [0.1, 0.15) is 12.5 Å². The summed E-state index contributed by atoms with van der Waals surface area (Å²) in [5, 5.41) is 0.942. The van der Waals surface area contributed by atoms with Crippen molar-refractivity contribution in [3.63, 3.8) is 0 Å². The van der Waals surface area contributed by atoms with Gasteiger partial charge in [-0.15, -0.1) is 0 Å². The predicted molar refractivity (Wildman–Crippen MR) is 97.2 cm³/mol. The van der Waals surface area contributed by atoms with Gasteiger partial charge in [0.1, 0.15) is 11.8 Å². The number of aromatic nitrogens is 1. The van der Waals surface area contributed by atoms with E-state index in [0.29, 0.717) is 11.3 Å². The van der Waals surface area contributed by atoms with Crippen LogP contribution in [0.2, 0.25) is 0 Å². The van der Waals surface area contributed by atoms with Crippen LogP contribution in [0.3, 0.4) is 0 Å². The third-order valence-electron chi connectivity index (χ3n) is 3.88. The van der Waals surface area contributed by atoms with Gasteiger partial charge >= 0.3 is 12.1 Å². The highest BCUT2D eigenvalue weighted by atomic mass is 16.7. The predicted octanol–water partition coefficient (Wildman–Crippen LogP) is 1.59. The Labute approximate surface area is 152 Å². The molecule has 0 amide bonds. The van der Waals surface area contributed by atoms with Crippen LogP contribution in [-0.4, -0.2) is 62.1 Å². The fourth-order valence-corrected chi connectivity index (χ4v) is 2.44. The zero-order valence-electron chi connectivity index (χ0n) is 15.5. The summed E-state index contributed by atoms with van der Waals surface area (Å²) < 4.78 is 16.5. The number of hydrogen-bond acceptors (Lipinski definition) is 7. The quantitative estimate of drug-likeness (QED) is 0.589. The number of nitrogens with zero attached hydrogens (tertiary/aromatic N) is 2. The van der Waals surface area contributed by atoms with Crippen molar-refractivity contribution >= 4 is 23.0 Å². The molecular weight excluding hydrogens is 338 g/mol. The summed E-state index contributed by atoms with van der Waals surface area (Å²) in [6.07, 6.45) is 1.87. The second-order valence-electron chi connectivity index (χ2n) is 6.24. The lowest BCUT2D eigenvalue weighted by Crippen LogP contribution is -2.30. The average molecular weight is 363 g/mol. The summed E-state index contributed by atoms with van der Waals surface area (Å²) in [5.74, 6) is -0.00398. The molecule has 1 heterocycles. The zero-order valence-corrected chi connectivity index (χ0v) is 15.5. The molecule has 0 saturated carbocycles. The highest BCUT2D eigenvalue weighted by Crippen LogP contribution is 2.26. The van der Waals surface area contributed by atoms with E-state index in [1.807, 2.05) is 26.2 Å². The van der Waals surface area contributed by atoms with Gasteiger partial charge < -0.3 is 24.8 Å². The minimum atomic E-state index is -0.775. The van der Waals surface area contributed by atoms with Gasteiger partial charge in [0.25, 0.3) is 0 Å². The minimum Gasteiger partial charge on any atom is -0.497 e. The molecule has 2 rings (SSSR count). The number of ether oxygens (including phenoxy) is 3. The lowest BCUT2D eigenvalue weighted by molar-refractivity contribution is -0.152. The Morgan fingerprint density at radius 3 is 2.62 bits per heavy atom. The van der Waals surface area contributed by atoms with E-state index in [0.717, 1.165) is 23.9 Å². The van der Waals surface area contributed by atoms with Gasteiger partial charge in [-0.05, 0) is 45.1 Å². The van der Waals surface area contributed by atoms with Crippen LogP contribution in [-0.2, 0) is 20.7 Å². The Kier molecular flexibility index (Phi) is 6.59. The molecular formula is C18H25N3O5. The molecule has 0 unspecified atom stereocenters. The lowest BCUT2D eigenvalue weighted by atomic mass is 10.1. The second kappa shape index (κ2) is 8.68. The number of carbonyl (C=O) groups is 2. The van der Waals surface area contributed by atoms with Crippen LogP contribution < -0.4 is 10.5 Å². The third-order valence-corrected chi connectivity index (χ3v) is 3.88. The fraction of sp³-hybridized carbons (Fsp3) is 0.444. The van der Waals surface area contributed by atoms with Crippen molar-refractivity contribution in [2.75, 3.05) is 34.5 Å². The molecule has 2 N–H and O–H groups in total. The molecule has 0 aliphatic carbocycles. The maximum Gasteiger partial charge on any atom is 0.421 e. The van der Waals surface area contributed by atoms with Gasteiger partial charge in [-0.2, -0.15) is 0 Å². The third kappa shape index (κ3) is 4.74. The second-order valence-corrected chi connectivity index (χ2v) is 6.24. The summed E-state index contributed by atoms with van der Waals surface area (Å²) in [4.78, 5) is 25.8. The molecule has 26 heavy (non-hydrogen) atoms. The van der Waals surface area contributed by atoms with E-state index in [-0.39, 0.29) is 0 Å². The molecule has 142 valence electrons. The summed E-state index contributed by atoms with van der Waals surface area (Å²) in [6, 6.07) is 4.76. The number of fused-ring (bicyclic) bond motifs is 1. The Hall–Kier alpha value is -2.58. The molecule has 0 aliphatic rings. The van der Waals surface area contributed by atoms with Crippen molar-refractivity contribution in [2.45, 2.75) is 19.4 Å². The van der Waals surface area contributed by atoms with Crippen molar-refractivity contribution in [1.29, 1.82) is 0 Å². The van der Waals surface area contributed by atoms with Crippen molar-refractivity contribution in [2.24, 2.45) is 5.73 Å². The number of esters is 1. The normalized spacial score (nSPS) is 12.2. The molecule has 2 aromatic rings. The molecule has 8 nitrogen and oxygen atoms in total. The molecule has 1 atom stereocenters. The average Bonchev–Trinajstić information content (AvgIpc) is 2.97. The Morgan fingerprint density at radius 2 is 2.00 bits per heavy atom. The number of hydrogen-bond donors (Lipinski definition) is 1. The SMILES string of the molecule is COc1ccc2c(CCN(C)C)cn(C(=O)OCOC(=O)[C@H](C)N)c2c1. The van der Waals surface area contributed by atoms with Gasteiger partial charge in [-0.25, -0.2) is 4.79 Å². The summed E-state index contributed by atoms with van der Waals surface area (Å²) in [7, 11) is 5.54. The molecule has 0 fully saturated rings. The Balaban J connectivity index is 2.23. The van der Waals surface area contributed by atoms with Crippen LogP contribution in [0.25, 0.3) is 10.9 Å². The summed E-state index contributed by atoms with van der Waals surface area (Å²) >= 11 is 0. The van der Waals surface area contributed by atoms with Gasteiger partial charge in [0.2, 0.25) is 6.79 Å². The molecule has 0 saturated heterocycles. The smallest absolute Gasteiger partial charge is 0.421 e. The largest absolute Gasteiger partial charge is 0.497 e. The Bertz CT molecular complexity index is 782. The number of benzene rings is 1. The monoisotopic (exact) mass is 363 g/mol.